The number of hydrogen-bond acceptors (Lipinski definition) is 3. The Kier molecular flexibility index (Phi) is 4.90. The zero-order valence-electron chi connectivity index (χ0n) is 11.8. The SMILES string of the molecule is O=C1S/C(=C\c2ccc(Br)cc2)C(=O)N1Cc1ccc(Cl)cc1. The lowest BCUT2D eigenvalue weighted by atomic mass is 10.2. The lowest BCUT2D eigenvalue weighted by Gasteiger charge is -2.12. The number of rotatable bonds is 3. The highest BCUT2D eigenvalue weighted by molar-refractivity contribution is 9.10. The molecule has 0 atom stereocenters. The van der Waals surface area contributed by atoms with Crippen molar-refractivity contribution in [2.75, 3.05) is 0 Å². The van der Waals surface area contributed by atoms with Gasteiger partial charge >= 0.3 is 0 Å². The number of carbonyl (C=O) groups is 2. The zero-order chi connectivity index (χ0) is 16.4. The van der Waals surface area contributed by atoms with Crippen molar-refractivity contribution in [1.82, 2.24) is 4.90 Å². The van der Waals surface area contributed by atoms with E-state index in [-0.39, 0.29) is 17.7 Å². The van der Waals surface area contributed by atoms with E-state index in [2.05, 4.69) is 15.9 Å². The van der Waals surface area contributed by atoms with Gasteiger partial charge in [-0.15, -0.1) is 0 Å². The van der Waals surface area contributed by atoms with E-state index in [4.69, 9.17) is 11.6 Å². The minimum atomic E-state index is -0.266. The van der Waals surface area contributed by atoms with Gasteiger partial charge in [-0.3, -0.25) is 14.5 Å². The smallest absolute Gasteiger partial charge is 0.268 e. The van der Waals surface area contributed by atoms with Crippen molar-refractivity contribution in [3.8, 4) is 0 Å². The number of carbonyl (C=O) groups excluding carboxylic acids is 2. The molecule has 2 aromatic rings. The van der Waals surface area contributed by atoms with Crippen LogP contribution >= 0.6 is 39.3 Å². The highest BCUT2D eigenvalue weighted by Gasteiger charge is 2.34. The van der Waals surface area contributed by atoms with Crippen molar-refractivity contribution >= 4 is 56.5 Å². The van der Waals surface area contributed by atoms with Crippen LogP contribution in [0.5, 0.6) is 0 Å². The van der Waals surface area contributed by atoms with E-state index in [1.54, 1.807) is 18.2 Å². The van der Waals surface area contributed by atoms with Crippen LogP contribution in [-0.2, 0) is 11.3 Å². The quantitative estimate of drug-likeness (QED) is 0.643. The van der Waals surface area contributed by atoms with Gasteiger partial charge in [0.1, 0.15) is 0 Å². The molecule has 0 N–H and O–H groups in total. The summed E-state index contributed by atoms with van der Waals surface area (Å²) in [6, 6.07) is 14.7. The van der Waals surface area contributed by atoms with Crippen LogP contribution in [0, 0.1) is 0 Å². The Hall–Kier alpha value is -1.56. The topological polar surface area (TPSA) is 37.4 Å². The Bertz CT molecular complexity index is 787. The first kappa shape index (κ1) is 16.3. The predicted molar refractivity (Wildman–Crippen MR) is 97.1 cm³/mol. The average molecular weight is 409 g/mol. The Morgan fingerprint density at radius 2 is 1.70 bits per heavy atom. The fraction of sp³-hybridized carbons (Fsp3) is 0.0588. The number of imide groups is 1. The van der Waals surface area contributed by atoms with Crippen molar-refractivity contribution in [2.45, 2.75) is 6.54 Å². The van der Waals surface area contributed by atoms with Crippen LogP contribution in [0.1, 0.15) is 11.1 Å². The van der Waals surface area contributed by atoms with Crippen LogP contribution in [-0.4, -0.2) is 16.0 Å². The van der Waals surface area contributed by atoms with Crippen LogP contribution < -0.4 is 0 Å². The van der Waals surface area contributed by atoms with E-state index in [1.165, 1.54) is 4.90 Å². The van der Waals surface area contributed by atoms with Crippen LogP contribution in [0.2, 0.25) is 5.02 Å². The van der Waals surface area contributed by atoms with Crippen molar-refractivity contribution in [1.29, 1.82) is 0 Å². The molecule has 2 amide bonds. The fourth-order valence-electron chi connectivity index (χ4n) is 2.12. The summed E-state index contributed by atoms with van der Waals surface area (Å²) in [6.45, 7) is 0.250. The number of halogens is 2. The van der Waals surface area contributed by atoms with Crippen LogP contribution in [0.15, 0.2) is 57.9 Å². The number of thioether (sulfide) groups is 1. The molecule has 0 saturated carbocycles. The summed E-state index contributed by atoms with van der Waals surface area (Å²) in [6.07, 6.45) is 1.74. The third kappa shape index (κ3) is 3.86. The molecule has 3 rings (SSSR count). The molecule has 23 heavy (non-hydrogen) atoms. The molecule has 1 fully saturated rings. The summed E-state index contributed by atoms with van der Waals surface area (Å²) in [7, 11) is 0. The van der Waals surface area contributed by atoms with Crippen molar-refractivity contribution in [3.05, 3.63) is 74.1 Å². The largest absolute Gasteiger partial charge is 0.293 e. The van der Waals surface area contributed by atoms with E-state index >= 15 is 0 Å². The number of benzene rings is 2. The zero-order valence-corrected chi connectivity index (χ0v) is 15.0. The summed E-state index contributed by atoms with van der Waals surface area (Å²) in [5.74, 6) is -0.266. The van der Waals surface area contributed by atoms with Gasteiger partial charge < -0.3 is 0 Å². The highest BCUT2D eigenvalue weighted by atomic mass is 79.9. The van der Waals surface area contributed by atoms with Gasteiger partial charge in [0.2, 0.25) is 0 Å². The van der Waals surface area contributed by atoms with E-state index in [0.29, 0.717) is 9.93 Å². The van der Waals surface area contributed by atoms with Gasteiger partial charge in [0.15, 0.2) is 0 Å². The number of nitrogens with zero attached hydrogens (tertiary/aromatic N) is 1. The van der Waals surface area contributed by atoms with Crippen LogP contribution in [0.25, 0.3) is 6.08 Å². The molecule has 0 bridgehead atoms. The maximum atomic E-state index is 12.4. The first-order chi connectivity index (χ1) is 11.0. The molecule has 1 aliphatic heterocycles. The summed E-state index contributed by atoms with van der Waals surface area (Å²) in [5, 5.41) is 0.367. The van der Waals surface area contributed by atoms with Crippen LogP contribution in [0.3, 0.4) is 0 Å². The predicted octanol–water partition coefficient (Wildman–Crippen LogP) is 5.34. The second-order valence-corrected chi connectivity index (χ2v) is 7.29. The molecule has 0 aliphatic carbocycles. The molecule has 0 radical (unpaired) electrons. The van der Waals surface area contributed by atoms with Gasteiger partial charge in [-0.2, -0.15) is 0 Å². The molecule has 3 nitrogen and oxygen atoms in total. The summed E-state index contributed by atoms with van der Waals surface area (Å²) >= 11 is 10.2. The number of hydrogen-bond donors (Lipinski definition) is 0. The van der Waals surface area contributed by atoms with Crippen molar-refractivity contribution in [3.63, 3.8) is 0 Å². The Morgan fingerprint density at radius 1 is 1.04 bits per heavy atom. The third-order valence-corrected chi connectivity index (χ3v) is 4.98. The summed E-state index contributed by atoms with van der Waals surface area (Å²) < 4.78 is 0.963. The lowest BCUT2D eigenvalue weighted by molar-refractivity contribution is -0.123. The first-order valence-electron chi connectivity index (χ1n) is 6.78. The molecule has 6 heteroatoms. The molecule has 116 valence electrons. The standard InChI is InChI=1S/C17H11BrClNO2S/c18-13-5-1-11(2-6-13)9-15-16(21)20(17(22)23-15)10-12-3-7-14(19)8-4-12/h1-9H,10H2/b15-9-. The second-order valence-electron chi connectivity index (χ2n) is 4.95. The Labute approximate surface area is 151 Å². The first-order valence-corrected chi connectivity index (χ1v) is 8.77. The van der Waals surface area contributed by atoms with Gasteiger partial charge in [-0.25, -0.2) is 0 Å². The van der Waals surface area contributed by atoms with E-state index in [9.17, 15) is 9.59 Å². The Morgan fingerprint density at radius 3 is 2.35 bits per heavy atom. The maximum Gasteiger partial charge on any atom is 0.293 e. The summed E-state index contributed by atoms with van der Waals surface area (Å²) in [4.78, 5) is 26.2. The fourth-order valence-corrected chi connectivity index (χ4v) is 3.35. The van der Waals surface area contributed by atoms with E-state index < -0.39 is 0 Å². The monoisotopic (exact) mass is 407 g/mol. The highest BCUT2D eigenvalue weighted by Crippen LogP contribution is 2.33. The van der Waals surface area contributed by atoms with Crippen LogP contribution in [0.4, 0.5) is 4.79 Å². The van der Waals surface area contributed by atoms with Gasteiger partial charge in [-0.1, -0.05) is 51.8 Å². The molecular weight excluding hydrogens is 398 g/mol. The lowest BCUT2D eigenvalue weighted by Crippen LogP contribution is -2.27. The van der Waals surface area contributed by atoms with Crippen molar-refractivity contribution in [2.24, 2.45) is 0 Å². The molecule has 1 aliphatic rings. The Balaban J connectivity index is 1.79. The molecular formula is C17H11BrClNO2S. The number of amides is 2. The van der Waals surface area contributed by atoms with E-state index in [0.717, 1.165) is 27.4 Å². The third-order valence-electron chi connectivity index (χ3n) is 3.30. The molecule has 0 spiro atoms. The van der Waals surface area contributed by atoms with Gasteiger partial charge in [-0.05, 0) is 53.2 Å². The van der Waals surface area contributed by atoms with Gasteiger partial charge in [0, 0.05) is 9.50 Å². The molecule has 1 saturated heterocycles. The minimum Gasteiger partial charge on any atom is -0.268 e. The molecule has 2 aromatic carbocycles. The molecule has 0 aromatic heterocycles. The van der Waals surface area contributed by atoms with Gasteiger partial charge in [0.25, 0.3) is 11.1 Å². The van der Waals surface area contributed by atoms with E-state index in [1.807, 2.05) is 36.4 Å². The van der Waals surface area contributed by atoms with Crippen molar-refractivity contribution < 1.29 is 9.59 Å². The maximum absolute atomic E-state index is 12.4. The average Bonchev–Trinajstić information content (AvgIpc) is 2.79. The van der Waals surface area contributed by atoms with Gasteiger partial charge in [0.05, 0.1) is 11.4 Å². The molecule has 1 heterocycles. The minimum absolute atomic E-state index is 0.250. The molecule has 0 unspecified atom stereocenters. The summed E-state index contributed by atoms with van der Waals surface area (Å²) in [5.41, 5.74) is 1.74. The second kappa shape index (κ2) is 6.91. The normalized spacial score (nSPS) is 16.4.